The Balaban J connectivity index is 2.07. The second-order valence-electron chi connectivity index (χ2n) is 4.92. The van der Waals surface area contributed by atoms with Gasteiger partial charge < -0.3 is 0 Å². The first-order valence-electron chi connectivity index (χ1n) is 7.88. The van der Waals surface area contributed by atoms with E-state index in [4.69, 9.17) is 4.11 Å². The number of fused-ring (bicyclic) bond motifs is 4. The summed E-state index contributed by atoms with van der Waals surface area (Å²) in [6.07, 6.45) is 0. The van der Waals surface area contributed by atoms with Crippen LogP contribution in [0, 0.1) is 6.85 Å². The summed E-state index contributed by atoms with van der Waals surface area (Å²) in [4.78, 5) is 0. The van der Waals surface area contributed by atoms with Gasteiger partial charge in [0.15, 0.2) is 0 Å². The summed E-state index contributed by atoms with van der Waals surface area (Å²) in [6.45, 7) is -2.06. The maximum absolute atomic E-state index is 7.55. The molecule has 0 atom stereocenters. The van der Waals surface area contributed by atoms with Crippen LogP contribution in [0.25, 0.3) is 32.3 Å². The highest BCUT2D eigenvalue weighted by Crippen LogP contribution is 2.29. The molecule has 0 fully saturated rings. The Bertz CT molecular complexity index is 1010. The molecule has 0 heteroatoms. The molecule has 0 unspecified atom stereocenters. The topological polar surface area (TPSA) is 0 Å². The van der Waals surface area contributed by atoms with Crippen LogP contribution in [0.5, 0.6) is 0 Å². The standard InChI is InChI=1S/C19H14/c1-13-6-9-18-16(10-13)7-8-17-11-14-4-2-3-5-15(14)12-19(17)18/h2-12H,1H3/i1D3. The van der Waals surface area contributed by atoms with E-state index in [-0.39, 0.29) is 0 Å². The lowest BCUT2D eigenvalue weighted by Gasteiger charge is -2.07. The highest BCUT2D eigenvalue weighted by molar-refractivity contribution is 6.12. The lowest BCUT2D eigenvalue weighted by atomic mass is 9.97. The van der Waals surface area contributed by atoms with Crippen molar-refractivity contribution in [1.29, 1.82) is 0 Å². The maximum atomic E-state index is 7.55. The normalized spacial score (nSPS) is 14.4. The third kappa shape index (κ3) is 1.61. The van der Waals surface area contributed by atoms with E-state index < -0.39 is 6.85 Å². The Hall–Kier alpha value is -2.34. The monoisotopic (exact) mass is 245 g/mol. The summed E-state index contributed by atoms with van der Waals surface area (Å²) in [7, 11) is 0. The predicted molar refractivity (Wildman–Crippen MR) is 83.7 cm³/mol. The van der Waals surface area contributed by atoms with Crippen molar-refractivity contribution in [1.82, 2.24) is 0 Å². The molecule has 0 radical (unpaired) electrons. The fourth-order valence-corrected chi connectivity index (χ4v) is 2.75. The Morgan fingerprint density at radius 2 is 1.37 bits per heavy atom. The molecule has 0 spiro atoms. The van der Waals surface area contributed by atoms with E-state index in [1.54, 1.807) is 12.1 Å². The minimum absolute atomic E-state index is 0.389. The third-order valence-electron chi connectivity index (χ3n) is 3.70. The molecule has 0 aliphatic rings. The van der Waals surface area contributed by atoms with Crippen LogP contribution in [0.1, 0.15) is 9.68 Å². The largest absolute Gasteiger partial charge is 0.0616 e. The van der Waals surface area contributed by atoms with E-state index in [1.165, 1.54) is 16.2 Å². The van der Waals surface area contributed by atoms with Crippen LogP contribution < -0.4 is 0 Å². The number of aryl methyl sites for hydroxylation is 1. The van der Waals surface area contributed by atoms with E-state index in [2.05, 4.69) is 30.3 Å². The van der Waals surface area contributed by atoms with Gasteiger partial charge in [-0.05, 0) is 51.3 Å². The van der Waals surface area contributed by atoms with Crippen LogP contribution in [0.2, 0.25) is 0 Å². The number of benzene rings is 4. The molecule has 0 aromatic heterocycles. The zero-order valence-corrected chi connectivity index (χ0v) is 10.4. The summed E-state index contributed by atoms with van der Waals surface area (Å²) < 4.78 is 22.7. The molecule has 0 saturated heterocycles. The van der Waals surface area contributed by atoms with Gasteiger partial charge in [-0.2, -0.15) is 0 Å². The van der Waals surface area contributed by atoms with Gasteiger partial charge in [0.05, 0.1) is 0 Å². The van der Waals surface area contributed by atoms with Gasteiger partial charge in [-0.1, -0.05) is 60.2 Å². The summed E-state index contributed by atoms with van der Waals surface area (Å²) >= 11 is 0. The summed E-state index contributed by atoms with van der Waals surface area (Å²) in [5.41, 5.74) is 0.389. The number of rotatable bonds is 0. The molecule has 0 amide bonds. The molecule has 90 valence electrons. The Kier molecular flexibility index (Phi) is 1.60. The van der Waals surface area contributed by atoms with Crippen LogP contribution >= 0.6 is 0 Å². The van der Waals surface area contributed by atoms with E-state index >= 15 is 0 Å². The smallest absolute Gasteiger partial charge is 0.0280 e. The van der Waals surface area contributed by atoms with Crippen molar-refractivity contribution in [3.63, 3.8) is 0 Å². The lowest BCUT2D eigenvalue weighted by Crippen LogP contribution is -1.80. The van der Waals surface area contributed by atoms with Gasteiger partial charge in [-0.3, -0.25) is 0 Å². The van der Waals surface area contributed by atoms with E-state index in [1.807, 2.05) is 24.3 Å². The number of hydrogen-bond acceptors (Lipinski definition) is 0. The second kappa shape index (κ2) is 3.83. The van der Waals surface area contributed by atoms with Gasteiger partial charge in [0.1, 0.15) is 0 Å². The minimum atomic E-state index is -2.06. The van der Waals surface area contributed by atoms with Crippen molar-refractivity contribution in [2.45, 2.75) is 6.85 Å². The molecular formula is C19H14. The van der Waals surface area contributed by atoms with Gasteiger partial charge >= 0.3 is 0 Å². The Morgan fingerprint density at radius 3 is 2.16 bits per heavy atom. The lowest BCUT2D eigenvalue weighted by molar-refractivity contribution is 1.51. The summed E-state index contributed by atoms with van der Waals surface area (Å²) in [6, 6.07) is 22.1. The quantitative estimate of drug-likeness (QED) is 0.285. The summed E-state index contributed by atoms with van der Waals surface area (Å²) in [5.74, 6) is 0. The minimum Gasteiger partial charge on any atom is -0.0616 e. The molecule has 0 N–H and O–H groups in total. The van der Waals surface area contributed by atoms with Gasteiger partial charge in [-0.15, -0.1) is 0 Å². The van der Waals surface area contributed by atoms with Crippen molar-refractivity contribution < 1.29 is 4.11 Å². The molecule has 0 aliphatic carbocycles. The average Bonchev–Trinajstić information content (AvgIpc) is 2.51. The van der Waals surface area contributed by atoms with E-state index in [0.29, 0.717) is 5.56 Å². The van der Waals surface area contributed by atoms with E-state index in [9.17, 15) is 0 Å². The molecule has 4 rings (SSSR count). The van der Waals surface area contributed by atoms with Crippen LogP contribution in [-0.4, -0.2) is 0 Å². The van der Waals surface area contributed by atoms with Crippen molar-refractivity contribution in [3.05, 3.63) is 72.3 Å². The molecule has 0 nitrogen and oxygen atoms in total. The highest BCUT2D eigenvalue weighted by atomic mass is 14.1. The Morgan fingerprint density at radius 1 is 0.632 bits per heavy atom. The van der Waals surface area contributed by atoms with E-state index in [0.717, 1.165) is 16.2 Å². The maximum Gasteiger partial charge on any atom is 0.0280 e. The SMILES string of the molecule is [2H]C([2H])([2H])c1ccc2c(ccc3cc4ccccc4cc32)c1. The van der Waals surface area contributed by atoms with Gasteiger partial charge in [0.2, 0.25) is 0 Å². The molecule has 0 bridgehead atoms. The van der Waals surface area contributed by atoms with Crippen LogP contribution in [-0.2, 0) is 0 Å². The average molecular weight is 245 g/mol. The summed E-state index contributed by atoms with van der Waals surface area (Å²) in [5, 5.41) is 6.81. The number of hydrogen-bond donors (Lipinski definition) is 0. The van der Waals surface area contributed by atoms with Crippen molar-refractivity contribution in [2.75, 3.05) is 0 Å². The zero-order chi connectivity index (χ0) is 15.3. The fraction of sp³-hybridized carbons (Fsp3) is 0.0526. The molecule has 0 aliphatic heterocycles. The molecule has 0 heterocycles. The molecule has 19 heavy (non-hydrogen) atoms. The molecular weight excluding hydrogens is 228 g/mol. The Labute approximate surface area is 116 Å². The predicted octanol–water partition coefficient (Wildman–Crippen LogP) is 5.45. The fourth-order valence-electron chi connectivity index (χ4n) is 2.75. The van der Waals surface area contributed by atoms with Crippen molar-refractivity contribution in [2.24, 2.45) is 0 Å². The van der Waals surface area contributed by atoms with Crippen LogP contribution in [0.3, 0.4) is 0 Å². The molecule has 0 saturated carbocycles. The van der Waals surface area contributed by atoms with Crippen LogP contribution in [0.4, 0.5) is 0 Å². The van der Waals surface area contributed by atoms with Crippen molar-refractivity contribution in [3.8, 4) is 0 Å². The first-order chi connectivity index (χ1) is 10.5. The van der Waals surface area contributed by atoms with Crippen LogP contribution in [0.15, 0.2) is 66.7 Å². The molecule has 4 aromatic carbocycles. The first-order valence-corrected chi connectivity index (χ1v) is 6.38. The van der Waals surface area contributed by atoms with Gasteiger partial charge in [0, 0.05) is 4.11 Å². The van der Waals surface area contributed by atoms with Gasteiger partial charge in [-0.25, -0.2) is 0 Å². The molecule has 4 aromatic rings. The zero-order valence-electron chi connectivity index (χ0n) is 13.4. The first kappa shape index (κ1) is 7.96. The second-order valence-corrected chi connectivity index (χ2v) is 4.92. The van der Waals surface area contributed by atoms with Crippen molar-refractivity contribution >= 4 is 32.3 Å². The third-order valence-corrected chi connectivity index (χ3v) is 3.70. The highest BCUT2D eigenvalue weighted by Gasteiger charge is 2.02. The van der Waals surface area contributed by atoms with Gasteiger partial charge in [0.25, 0.3) is 0 Å².